The van der Waals surface area contributed by atoms with Gasteiger partial charge in [-0.05, 0) is 58.5 Å². The van der Waals surface area contributed by atoms with Crippen molar-refractivity contribution in [2.24, 2.45) is 4.99 Å². The summed E-state index contributed by atoms with van der Waals surface area (Å²) >= 11 is 0. The summed E-state index contributed by atoms with van der Waals surface area (Å²) in [4.78, 5) is 6.94. The second-order valence-corrected chi connectivity index (χ2v) is 6.82. The number of unbranched alkanes of at least 4 members (excludes halogenated alkanes) is 4. The van der Waals surface area contributed by atoms with Crippen LogP contribution in [0.5, 0.6) is 5.75 Å². The molecule has 26 heavy (non-hydrogen) atoms. The number of para-hydroxylation sites is 1. The Hall–Kier alpha value is -1.75. The van der Waals surface area contributed by atoms with Gasteiger partial charge in [-0.2, -0.15) is 0 Å². The van der Waals surface area contributed by atoms with Crippen LogP contribution in [0.25, 0.3) is 0 Å². The molecule has 5 nitrogen and oxygen atoms in total. The lowest BCUT2D eigenvalue weighted by atomic mass is 10.1. The third-order valence-corrected chi connectivity index (χ3v) is 4.26. The van der Waals surface area contributed by atoms with Crippen molar-refractivity contribution in [3.05, 3.63) is 29.8 Å². The molecule has 0 spiro atoms. The normalized spacial score (nSPS) is 11.7. The zero-order chi connectivity index (χ0) is 19.0. The predicted molar refractivity (Wildman–Crippen MR) is 112 cm³/mol. The lowest BCUT2D eigenvalue weighted by molar-refractivity contribution is 0.390. The number of guanidine groups is 1. The molecule has 0 amide bonds. The van der Waals surface area contributed by atoms with Crippen molar-refractivity contribution >= 4 is 5.96 Å². The third kappa shape index (κ3) is 10.3. The van der Waals surface area contributed by atoms with Gasteiger partial charge in [-0.1, -0.05) is 37.5 Å². The van der Waals surface area contributed by atoms with Crippen molar-refractivity contribution in [1.82, 2.24) is 15.5 Å². The Kier molecular flexibility index (Phi) is 12.4. The summed E-state index contributed by atoms with van der Waals surface area (Å²) in [5, 5.41) is 6.75. The van der Waals surface area contributed by atoms with E-state index in [1.807, 2.05) is 12.1 Å². The Balaban J connectivity index is 2.24. The lowest BCUT2D eigenvalue weighted by Gasteiger charge is -2.12. The third-order valence-electron chi connectivity index (χ3n) is 4.26. The zero-order valence-electron chi connectivity index (χ0n) is 17.2. The molecule has 1 aromatic carbocycles. The molecule has 5 heteroatoms. The van der Waals surface area contributed by atoms with Gasteiger partial charge in [0.25, 0.3) is 0 Å². The molecule has 0 radical (unpaired) electrons. The highest BCUT2D eigenvalue weighted by molar-refractivity contribution is 5.79. The number of rotatable bonds is 13. The van der Waals surface area contributed by atoms with Gasteiger partial charge in [0, 0.05) is 19.6 Å². The molecule has 0 heterocycles. The van der Waals surface area contributed by atoms with Crippen molar-refractivity contribution in [2.75, 3.05) is 47.4 Å². The van der Waals surface area contributed by atoms with Gasteiger partial charge in [-0.15, -0.1) is 0 Å². The highest BCUT2D eigenvalue weighted by atomic mass is 16.5. The van der Waals surface area contributed by atoms with E-state index in [0.717, 1.165) is 44.2 Å². The number of aliphatic imine (C=N–C) groups is 1. The van der Waals surface area contributed by atoms with Crippen LogP contribution < -0.4 is 15.4 Å². The Morgan fingerprint density at radius 3 is 2.50 bits per heavy atom. The van der Waals surface area contributed by atoms with Crippen LogP contribution in [0.15, 0.2) is 29.3 Å². The molecule has 2 N–H and O–H groups in total. The summed E-state index contributed by atoms with van der Waals surface area (Å²) < 4.78 is 5.41. The quantitative estimate of drug-likeness (QED) is 0.321. The van der Waals surface area contributed by atoms with Crippen LogP contribution in [0.3, 0.4) is 0 Å². The van der Waals surface area contributed by atoms with Crippen molar-refractivity contribution in [2.45, 2.75) is 45.4 Å². The highest BCUT2D eigenvalue weighted by Crippen LogP contribution is 2.17. The van der Waals surface area contributed by atoms with Crippen LogP contribution >= 0.6 is 0 Å². The predicted octanol–water partition coefficient (Wildman–Crippen LogP) is 3.30. The summed E-state index contributed by atoms with van der Waals surface area (Å²) in [7, 11) is 5.99. The van der Waals surface area contributed by atoms with Crippen molar-refractivity contribution in [1.29, 1.82) is 0 Å². The van der Waals surface area contributed by atoms with E-state index in [0.29, 0.717) is 0 Å². The lowest BCUT2D eigenvalue weighted by Crippen LogP contribution is -2.38. The van der Waals surface area contributed by atoms with Gasteiger partial charge in [-0.3, -0.25) is 4.99 Å². The average molecular weight is 363 g/mol. The molecule has 0 aliphatic heterocycles. The molecule has 1 rings (SSSR count). The van der Waals surface area contributed by atoms with Gasteiger partial charge in [-0.25, -0.2) is 0 Å². The Bertz CT molecular complexity index is 503. The standard InChI is InChI=1S/C21H38N4O/c1-5-22-21(23-16-11-7-6-8-12-18-25(2)3)24-17-15-19-13-9-10-14-20(19)26-4/h9-10,13-14H,5-8,11-12,15-18H2,1-4H3,(H2,22,23,24). The SMILES string of the molecule is CCNC(=NCCCCCCCN(C)C)NCCc1ccccc1OC. The number of nitrogens with zero attached hydrogens (tertiary/aromatic N) is 2. The van der Waals surface area contributed by atoms with Crippen LogP contribution in [0, 0.1) is 0 Å². The number of nitrogens with one attached hydrogen (secondary N) is 2. The van der Waals surface area contributed by atoms with Gasteiger partial charge >= 0.3 is 0 Å². The van der Waals surface area contributed by atoms with E-state index in [2.05, 4.69) is 53.7 Å². The minimum absolute atomic E-state index is 0.844. The monoisotopic (exact) mass is 362 g/mol. The van der Waals surface area contributed by atoms with Crippen LogP contribution in [-0.4, -0.2) is 58.2 Å². The molecule has 0 saturated heterocycles. The highest BCUT2D eigenvalue weighted by Gasteiger charge is 2.02. The van der Waals surface area contributed by atoms with Gasteiger partial charge in [0.05, 0.1) is 7.11 Å². The van der Waals surface area contributed by atoms with Crippen molar-refractivity contribution in [3.8, 4) is 5.75 Å². The number of hydrogen-bond acceptors (Lipinski definition) is 3. The number of hydrogen-bond donors (Lipinski definition) is 2. The fourth-order valence-electron chi connectivity index (χ4n) is 2.83. The van der Waals surface area contributed by atoms with E-state index in [1.165, 1.54) is 37.8 Å². The average Bonchev–Trinajstić information content (AvgIpc) is 2.64. The molecule has 1 aromatic rings. The van der Waals surface area contributed by atoms with E-state index in [9.17, 15) is 0 Å². The molecule has 0 fully saturated rings. The molecule has 0 aromatic heterocycles. The van der Waals surface area contributed by atoms with E-state index < -0.39 is 0 Å². The second-order valence-electron chi connectivity index (χ2n) is 6.82. The minimum atomic E-state index is 0.844. The number of ether oxygens (including phenoxy) is 1. The van der Waals surface area contributed by atoms with Crippen LogP contribution in [0.2, 0.25) is 0 Å². The zero-order valence-corrected chi connectivity index (χ0v) is 17.2. The summed E-state index contributed by atoms with van der Waals surface area (Å²) in [6, 6.07) is 8.17. The van der Waals surface area contributed by atoms with Gasteiger partial charge < -0.3 is 20.3 Å². The Morgan fingerprint density at radius 1 is 1.04 bits per heavy atom. The molecule has 0 saturated carbocycles. The number of benzene rings is 1. The maximum atomic E-state index is 5.41. The Labute approximate surface area is 160 Å². The molecule has 0 atom stereocenters. The second kappa shape index (κ2) is 14.4. The number of methoxy groups -OCH3 is 1. The van der Waals surface area contributed by atoms with Gasteiger partial charge in [0.2, 0.25) is 0 Å². The van der Waals surface area contributed by atoms with E-state index in [-0.39, 0.29) is 0 Å². The molecular weight excluding hydrogens is 324 g/mol. The summed E-state index contributed by atoms with van der Waals surface area (Å²) in [6.45, 7) is 5.90. The fraction of sp³-hybridized carbons (Fsp3) is 0.667. The van der Waals surface area contributed by atoms with Crippen LogP contribution in [0.4, 0.5) is 0 Å². The molecule has 148 valence electrons. The largest absolute Gasteiger partial charge is 0.496 e. The fourth-order valence-corrected chi connectivity index (χ4v) is 2.83. The summed E-state index contributed by atoms with van der Waals surface area (Å²) in [5.74, 6) is 1.86. The van der Waals surface area contributed by atoms with Crippen LogP contribution in [-0.2, 0) is 6.42 Å². The maximum Gasteiger partial charge on any atom is 0.191 e. The van der Waals surface area contributed by atoms with E-state index in [4.69, 9.17) is 4.74 Å². The summed E-state index contributed by atoms with van der Waals surface area (Å²) in [6.07, 6.45) is 7.26. The van der Waals surface area contributed by atoms with Gasteiger partial charge in [0.15, 0.2) is 5.96 Å². The van der Waals surface area contributed by atoms with E-state index >= 15 is 0 Å². The van der Waals surface area contributed by atoms with E-state index in [1.54, 1.807) is 7.11 Å². The molecule has 0 aliphatic rings. The maximum absolute atomic E-state index is 5.41. The smallest absolute Gasteiger partial charge is 0.191 e. The summed E-state index contributed by atoms with van der Waals surface area (Å²) in [5.41, 5.74) is 1.22. The molecule has 0 bridgehead atoms. The first kappa shape index (κ1) is 22.3. The van der Waals surface area contributed by atoms with Gasteiger partial charge in [0.1, 0.15) is 5.75 Å². The van der Waals surface area contributed by atoms with Crippen LogP contribution in [0.1, 0.15) is 44.6 Å². The first-order valence-corrected chi connectivity index (χ1v) is 9.96. The van der Waals surface area contributed by atoms with Crippen molar-refractivity contribution in [3.63, 3.8) is 0 Å². The first-order valence-electron chi connectivity index (χ1n) is 9.96. The van der Waals surface area contributed by atoms with Crippen molar-refractivity contribution < 1.29 is 4.74 Å². The topological polar surface area (TPSA) is 48.9 Å². The Morgan fingerprint density at radius 2 is 1.77 bits per heavy atom. The molecular formula is C21H38N4O. The first-order chi connectivity index (χ1) is 12.7. The molecule has 0 unspecified atom stereocenters. The minimum Gasteiger partial charge on any atom is -0.496 e. The molecule has 0 aliphatic carbocycles.